The van der Waals surface area contributed by atoms with E-state index in [1.807, 2.05) is 24.5 Å². The minimum Gasteiger partial charge on any atom is -0.465 e. The van der Waals surface area contributed by atoms with Gasteiger partial charge in [-0.2, -0.15) is 0 Å². The normalized spacial score (nSPS) is 12.2. The van der Waals surface area contributed by atoms with Crippen LogP contribution in [0.4, 0.5) is 0 Å². The molecule has 1 aromatic rings. The van der Waals surface area contributed by atoms with Crippen molar-refractivity contribution in [2.24, 2.45) is 0 Å². The molecule has 0 aromatic heterocycles. The van der Waals surface area contributed by atoms with Crippen molar-refractivity contribution in [3.63, 3.8) is 0 Å². The highest BCUT2D eigenvalue weighted by atomic mass is 35.5. The van der Waals surface area contributed by atoms with Crippen LogP contribution >= 0.6 is 23.4 Å². The maximum atomic E-state index is 11.6. The molecule has 1 aromatic carbocycles. The van der Waals surface area contributed by atoms with Gasteiger partial charge in [0.1, 0.15) is 5.25 Å². The summed E-state index contributed by atoms with van der Waals surface area (Å²) in [6.07, 6.45) is 1.87. The largest absolute Gasteiger partial charge is 0.465 e. The Morgan fingerprint density at radius 2 is 2.20 bits per heavy atom. The van der Waals surface area contributed by atoms with Gasteiger partial charge in [-0.25, -0.2) is 0 Å². The molecule has 0 spiro atoms. The van der Waals surface area contributed by atoms with E-state index < -0.39 is 0 Å². The summed E-state index contributed by atoms with van der Waals surface area (Å²) < 4.78 is 4.99. The molecular formula is C11H13ClO2S. The van der Waals surface area contributed by atoms with Gasteiger partial charge in [-0.05, 0) is 24.8 Å². The third kappa shape index (κ3) is 3.14. The Morgan fingerprint density at radius 3 is 2.73 bits per heavy atom. The summed E-state index contributed by atoms with van der Waals surface area (Å²) in [6, 6.07) is 7.33. The Kier molecular flexibility index (Phi) is 4.99. The van der Waals surface area contributed by atoms with Crippen LogP contribution in [0.1, 0.15) is 17.7 Å². The van der Waals surface area contributed by atoms with Crippen LogP contribution in [0.2, 0.25) is 5.02 Å². The Bertz CT molecular complexity index is 341. The van der Waals surface area contributed by atoms with Crippen molar-refractivity contribution in [2.45, 2.75) is 12.2 Å². The summed E-state index contributed by atoms with van der Waals surface area (Å²) in [5.41, 5.74) is 0.810. The van der Waals surface area contributed by atoms with Gasteiger partial charge in [0, 0.05) is 5.02 Å². The van der Waals surface area contributed by atoms with Gasteiger partial charge in [-0.1, -0.05) is 29.8 Å². The Morgan fingerprint density at radius 1 is 1.53 bits per heavy atom. The first-order valence-electron chi connectivity index (χ1n) is 4.64. The second kappa shape index (κ2) is 6.03. The molecule has 0 amide bonds. The Hall–Kier alpha value is -0.670. The average molecular weight is 245 g/mol. The van der Waals surface area contributed by atoms with Crippen LogP contribution < -0.4 is 0 Å². The highest BCUT2D eigenvalue weighted by Gasteiger charge is 2.22. The molecule has 0 aliphatic rings. The van der Waals surface area contributed by atoms with Gasteiger partial charge in [0.15, 0.2) is 0 Å². The molecule has 2 nitrogen and oxygen atoms in total. The molecule has 15 heavy (non-hydrogen) atoms. The minimum absolute atomic E-state index is 0.238. The maximum Gasteiger partial charge on any atom is 0.323 e. The molecule has 0 saturated carbocycles. The predicted molar refractivity (Wildman–Crippen MR) is 64.3 cm³/mol. The molecule has 0 fully saturated rings. The lowest BCUT2D eigenvalue weighted by molar-refractivity contribution is -0.142. The molecule has 0 saturated heterocycles. The third-order valence-corrected chi connectivity index (χ3v) is 3.19. The van der Waals surface area contributed by atoms with Crippen molar-refractivity contribution in [1.29, 1.82) is 0 Å². The zero-order valence-corrected chi connectivity index (χ0v) is 10.3. The summed E-state index contributed by atoms with van der Waals surface area (Å²) in [7, 11) is 0. The molecule has 0 radical (unpaired) electrons. The first kappa shape index (κ1) is 12.4. The SMILES string of the molecule is CCOC(=O)C(SC)c1ccccc1Cl. The lowest BCUT2D eigenvalue weighted by atomic mass is 10.1. The van der Waals surface area contributed by atoms with E-state index >= 15 is 0 Å². The Labute approximate surface area is 99.0 Å². The molecule has 4 heteroatoms. The third-order valence-electron chi connectivity index (χ3n) is 1.92. The number of ether oxygens (including phenoxy) is 1. The smallest absolute Gasteiger partial charge is 0.323 e. The topological polar surface area (TPSA) is 26.3 Å². The standard InChI is InChI=1S/C11H13ClO2S/c1-3-14-11(13)10(15-2)8-6-4-5-7-9(8)12/h4-7,10H,3H2,1-2H3. The van der Waals surface area contributed by atoms with Gasteiger partial charge in [-0.3, -0.25) is 4.79 Å². The summed E-state index contributed by atoms with van der Waals surface area (Å²) >= 11 is 7.45. The van der Waals surface area contributed by atoms with E-state index in [0.717, 1.165) is 5.56 Å². The number of hydrogen-bond donors (Lipinski definition) is 0. The van der Waals surface area contributed by atoms with Crippen LogP contribution in [0.15, 0.2) is 24.3 Å². The van der Waals surface area contributed by atoms with Crippen LogP contribution in [0, 0.1) is 0 Å². The maximum absolute atomic E-state index is 11.6. The second-order valence-corrected chi connectivity index (χ2v) is 4.24. The van der Waals surface area contributed by atoms with Gasteiger partial charge < -0.3 is 4.74 Å². The van der Waals surface area contributed by atoms with E-state index in [1.165, 1.54) is 11.8 Å². The van der Waals surface area contributed by atoms with Crippen LogP contribution in [0.25, 0.3) is 0 Å². The molecule has 82 valence electrons. The van der Waals surface area contributed by atoms with Gasteiger partial charge in [0.05, 0.1) is 6.61 Å². The van der Waals surface area contributed by atoms with E-state index in [0.29, 0.717) is 11.6 Å². The first-order valence-corrected chi connectivity index (χ1v) is 6.31. The van der Waals surface area contributed by atoms with Crippen LogP contribution in [-0.2, 0) is 9.53 Å². The predicted octanol–water partition coefficient (Wildman–Crippen LogP) is 3.31. The molecule has 0 aliphatic carbocycles. The summed E-state index contributed by atoms with van der Waals surface area (Å²) in [5, 5.41) is 0.267. The molecule has 1 atom stereocenters. The quantitative estimate of drug-likeness (QED) is 0.761. The molecule has 0 N–H and O–H groups in total. The van der Waals surface area contributed by atoms with Crippen LogP contribution in [-0.4, -0.2) is 18.8 Å². The fourth-order valence-electron chi connectivity index (χ4n) is 1.26. The van der Waals surface area contributed by atoms with Gasteiger partial charge in [-0.15, -0.1) is 11.8 Å². The van der Waals surface area contributed by atoms with E-state index in [4.69, 9.17) is 16.3 Å². The minimum atomic E-state index is -0.335. The van der Waals surface area contributed by atoms with E-state index in [9.17, 15) is 4.79 Å². The molecule has 0 heterocycles. The molecule has 1 rings (SSSR count). The number of carbonyl (C=O) groups excluding carboxylic acids is 1. The summed E-state index contributed by atoms with van der Waals surface area (Å²) in [4.78, 5) is 11.6. The van der Waals surface area contributed by atoms with Crippen molar-refractivity contribution >= 4 is 29.3 Å². The monoisotopic (exact) mass is 244 g/mol. The zero-order valence-electron chi connectivity index (χ0n) is 8.70. The average Bonchev–Trinajstić information content (AvgIpc) is 2.22. The number of thioether (sulfide) groups is 1. The van der Waals surface area contributed by atoms with Gasteiger partial charge >= 0.3 is 5.97 Å². The molecular weight excluding hydrogens is 232 g/mol. The van der Waals surface area contributed by atoms with Crippen LogP contribution in [0.5, 0.6) is 0 Å². The number of esters is 1. The fourth-order valence-corrected chi connectivity index (χ4v) is 2.29. The molecule has 1 unspecified atom stereocenters. The number of carbonyl (C=O) groups is 1. The molecule has 0 aliphatic heterocycles. The second-order valence-electron chi connectivity index (χ2n) is 2.89. The van der Waals surface area contributed by atoms with Crippen molar-refractivity contribution in [3.05, 3.63) is 34.9 Å². The zero-order chi connectivity index (χ0) is 11.3. The van der Waals surface area contributed by atoms with Gasteiger partial charge in [0.25, 0.3) is 0 Å². The first-order chi connectivity index (χ1) is 7.20. The van der Waals surface area contributed by atoms with Gasteiger partial charge in [0.2, 0.25) is 0 Å². The number of rotatable bonds is 4. The van der Waals surface area contributed by atoms with Crippen molar-refractivity contribution < 1.29 is 9.53 Å². The number of halogens is 1. The number of hydrogen-bond acceptors (Lipinski definition) is 3. The number of benzene rings is 1. The van der Waals surface area contributed by atoms with Crippen molar-refractivity contribution in [2.75, 3.05) is 12.9 Å². The van der Waals surface area contributed by atoms with Crippen LogP contribution in [0.3, 0.4) is 0 Å². The Balaban J connectivity index is 2.92. The highest BCUT2D eigenvalue weighted by Crippen LogP contribution is 2.32. The lowest BCUT2D eigenvalue weighted by Crippen LogP contribution is -2.13. The van der Waals surface area contributed by atoms with E-state index in [-0.39, 0.29) is 11.2 Å². The lowest BCUT2D eigenvalue weighted by Gasteiger charge is -2.14. The highest BCUT2D eigenvalue weighted by molar-refractivity contribution is 7.99. The molecule has 0 bridgehead atoms. The van der Waals surface area contributed by atoms with E-state index in [1.54, 1.807) is 13.0 Å². The summed E-state index contributed by atoms with van der Waals surface area (Å²) in [6.45, 7) is 2.18. The fraction of sp³-hybridized carbons (Fsp3) is 0.364. The summed E-state index contributed by atoms with van der Waals surface area (Å²) in [5.74, 6) is -0.238. The van der Waals surface area contributed by atoms with Crippen molar-refractivity contribution in [3.8, 4) is 0 Å². The van der Waals surface area contributed by atoms with Crippen molar-refractivity contribution in [1.82, 2.24) is 0 Å². The van der Waals surface area contributed by atoms with E-state index in [2.05, 4.69) is 0 Å².